The molecule has 0 aliphatic heterocycles. The highest BCUT2D eigenvalue weighted by atomic mass is 19.3. The van der Waals surface area contributed by atoms with Gasteiger partial charge in [0, 0.05) is 25.6 Å². The summed E-state index contributed by atoms with van der Waals surface area (Å²) in [6.07, 6.45) is 0.905. The summed E-state index contributed by atoms with van der Waals surface area (Å²) in [6, 6.07) is 7.17. The van der Waals surface area contributed by atoms with Crippen LogP contribution in [-0.2, 0) is 11.2 Å². The largest absolute Gasteiger partial charge is 0.493 e. The molecule has 0 radical (unpaired) electrons. The Balaban J connectivity index is 1.68. The first-order valence-electron chi connectivity index (χ1n) is 9.42. The van der Waals surface area contributed by atoms with E-state index in [0.29, 0.717) is 25.5 Å². The number of carbonyl (C=O) groups excluding carboxylic acids is 2. The lowest BCUT2D eigenvalue weighted by Gasteiger charge is -2.12. The van der Waals surface area contributed by atoms with Crippen LogP contribution in [0, 0.1) is 11.6 Å². The fourth-order valence-corrected chi connectivity index (χ4v) is 2.72. The highest BCUT2D eigenvalue weighted by molar-refractivity contribution is 5.94. The van der Waals surface area contributed by atoms with Crippen LogP contribution in [0.25, 0.3) is 0 Å². The first-order chi connectivity index (χ1) is 14.8. The molecular weight excluding hydrogens is 420 g/mol. The maximum Gasteiger partial charge on any atom is 0.387 e. The summed E-state index contributed by atoms with van der Waals surface area (Å²) < 4.78 is 60.4. The van der Waals surface area contributed by atoms with Crippen molar-refractivity contribution in [2.24, 2.45) is 0 Å². The molecule has 0 aliphatic carbocycles. The fraction of sp³-hybridized carbons (Fsp3) is 0.333. The second-order valence-electron chi connectivity index (χ2n) is 6.45. The van der Waals surface area contributed by atoms with E-state index in [0.717, 1.165) is 17.7 Å². The van der Waals surface area contributed by atoms with Gasteiger partial charge < -0.3 is 20.1 Å². The van der Waals surface area contributed by atoms with Crippen molar-refractivity contribution < 1.29 is 36.6 Å². The number of alkyl halides is 2. The lowest BCUT2D eigenvalue weighted by atomic mass is 10.1. The number of carbonyl (C=O) groups is 2. The third kappa shape index (κ3) is 7.80. The molecule has 0 spiro atoms. The normalized spacial score (nSPS) is 10.6. The third-order valence-corrected chi connectivity index (χ3v) is 4.22. The molecule has 2 N–H and O–H groups in total. The molecule has 0 saturated carbocycles. The zero-order valence-electron chi connectivity index (χ0n) is 16.7. The van der Waals surface area contributed by atoms with Crippen LogP contribution in [0.5, 0.6) is 11.5 Å². The molecule has 0 saturated heterocycles. The molecule has 0 atom stereocenters. The van der Waals surface area contributed by atoms with Gasteiger partial charge >= 0.3 is 6.61 Å². The Morgan fingerprint density at radius 2 is 1.77 bits per heavy atom. The van der Waals surface area contributed by atoms with Gasteiger partial charge in [-0.25, -0.2) is 8.78 Å². The van der Waals surface area contributed by atoms with Crippen LogP contribution in [0.1, 0.15) is 28.8 Å². The maximum atomic E-state index is 13.5. The molecule has 2 amide bonds. The van der Waals surface area contributed by atoms with Gasteiger partial charge in [-0.1, -0.05) is 6.07 Å². The van der Waals surface area contributed by atoms with Crippen LogP contribution in [-0.4, -0.2) is 38.6 Å². The number of benzene rings is 2. The van der Waals surface area contributed by atoms with E-state index in [1.807, 2.05) is 0 Å². The average Bonchev–Trinajstić information content (AvgIpc) is 2.71. The zero-order chi connectivity index (χ0) is 22.8. The van der Waals surface area contributed by atoms with Gasteiger partial charge in [-0.05, 0) is 42.7 Å². The van der Waals surface area contributed by atoms with E-state index in [1.54, 1.807) is 12.1 Å². The predicted octanol–water partition coefficient (Wildman–Crippen LogP) is 3.44. The maximum absolute atomic E-state index is 13.5. The monoisotopic (exact) mass is 442 g/mol. The standard InChI is InChI=1S/C21H22F4N2O4/c1-30-18-11-13(4-7-17(18)31-21(24)25)8-10-26-19(28)3-2-9-27-20(29)15-6-5-14(22)12-16(15)23/h4-7,11-12,21H,2-3,8-10H2,1H3,(H,26,28)(H,27,29). The first kappa shape index (κ1) is 24.0. The van der Waals surface area contributed by atoms with E-state index in [2.05, 4.69) is 15.4 Å². The molecule has 31 heavy (non-hydrogen) atoms. The second-order valence-corrected chi connectivity index (χ2v) is 6.45. The Hall–Kier alpha value is -3.30. The van der Waals surface area contributed by atoms with Crippen molar-refractivity contribution in [3.8, 4) is 11.5 Å². The molecule has 10 heteroatoms. The van der Waals surface area contributed by atoms with E-state index >= 15 is 0 Å². The van der Waals surface area contributed by atoms with Crippen LogP contribution in [0.15, 0.2) is 36.4 Å². The minimum atomic E-state index is -2.96. The molecule has 0 bridgehead atoms. The van der Waals surface area contributed by atoms with Crippen LogP contribution in [0.2, 0.25) is 0 Å². The van der Waals surface area contributed by atoms with E-state index in [9.17, 15) is 27.2 Å². The van der Waals surface area contributed by atoms with Gasteiger partial charge in [0.25, 0.3) is 5.91 Å². The quantitative estimate of drug-likeness (QED) is 0.413. The summed E-state index contributed by atoms with van der Waals surface area (Å²) in [6.45, 7) is -2.51. The highest BCUT2D eigenvalue weighted by Crippen LogP contribution is 2.29. The van der Waals surface area contributed by atoms with Gasteiger partial charge in [0.2, 0.25) is 5.91 Å². The van der Waals surface area contributed by atoms with E-state index in [1.165, 1.54) is 13.2 Å². The Morgan fingerprint density at radius 3 is 2.45 bits per heavy atom. The van der Waals surface area contributed by atoms with Gasteiger partial charge in [0.1, 0.15) is 11.6 Å². The van der Waals surface area contributed by atoms with Gasteiger partial charge in [-0.2, -0.15) is 8.78 Å². The molecule has 0 heterocycles. The summed E-state index contributed by atoms with van der Waals surface area (Å²) in [5.41, 5.74) is 0.485. The number of halogens is 4. The fourth-order valence-electron chi connectivity index (χ4n) is 2.72. The number of methoxy groups -OCH3 is 1. The van der Waals surface area contributed by atoms with Crippen molar-refractivity contribution in [1.82, 2.24) is 10.6 Å². The predicted molar refractivity (Wildman–Crippen MR) is 104 cm³/mol. The van der Waals surface area contributed by atoms with Crippen molar-refractivity contribution in [2.75, 3.05) is 20.2 Å². The van der Waals surface area contributed by atoms with E-state index in [-0.39, 0.29) is 35.9 Å². The van der Waals surface area contributed by atoms with Crippen LogP contribution >= 0.6 is 0 Å². The van der Waals surface area contributed by atoms with Crippen LogP contribution in [0.3, 0.4) is 0 Å². The Morgan fingerprint density at radius 1 is 1.00 bits per heavy atom. The molecule has 2 rings (SSSR count). The van der Waals surface area contributed by atoms with Gasteiger partial charge in [0.15, 0.2) is 11.5 Å². The highest BCUT2D eigenvalue weighted by Gasteiger charge is 2.13. The van der Waals surface area contributed by atoms with Gasteiger partial charge in [-0.3, -0.25) is 9.59 Å². The van der Waals surface area contributed by atoms with Gasteiger partial charge in [0.05, 0.1) is 12.7 Å². The van der Waals surface area contributed by atoms with Gasteiger partial charge in [-0.15, -0.1) is 0 Å². The van der Waals surface area contributed by atoms with Crippen LogP contribution in [0.4, 0.5) is 17.6 Å². The summed E-state index contributed by atoms with van der Waals surface area (Å²) in [5, 5.41) is 5.17. The molecular formula is C21H22F4N2O4. The van der Waals surface area contributed by atoms with E-state index in [4.69, 9.17) is 4.74 Å². The summed E-state index contributed by atoms with van der Waals surface area (Å²) in [7, 11) is 1.34. The number of rotatable bonds is 11. The zero-order valence-corrected chi connectivity index (χ0v) is 16.7. The lowest BCUT2D eigenvalue weighted by molar-refractivity contribution is -0.121. The van der Waals surface area contributed by atoms with Crippen molar-refractivity contribution in [1.29, 1.82) is 0 Å². The number of amides is 2. The Bertz CT molecular complexity index is 909. The SMILES string of the molecule is COc1cc(CCNC(=O)CCCNC(=O)c2ccc(F)cc2F)ccc1OC(F)F. The Kier molecular flexibility index (Phi) is 9.11. The minimum Gasteiger partial charge on any atom is -0.493 e. The van der Waals surface area contributed by atoms with Crippen molar-refractivity contribution in [3.63, 3.8) is 0 Å². The third-order valence-electron chi connectivity index (χ3n) is 4.22. The van der Waals surface area contributed by atoms with Crippen molar-refractivity contribution in [3.05, 3.63) is 59.2 Å². The topological polar surface area (TPSA) is 76.7 Å². The van der Waals surface area contributed by atoms with Crippen molar-refractivity contribution in [2.45, 2.75) is 25.9 Å². The molecule has 0 aliphatic rings. The molecule has 0 unspecified atom stereocenters. The number of hydrogen-bond donors (Lipinski definition) is 2. The summed E-state index contributed by atoms with van der Waals surface area (Å²) in [4.78, 5) is 23.7. The van der Waals surface area contributed by atoms with Crippen LogP contribution < -0.4 is 20.1 Å². The second kappa shape index (κ2) is 11.8. The molecule has 6 nitrogen and oxygen atoms in total. The van der Waals surface area contributed by atoms with E-state index < -0.39 is 24.2 Å². The number of hydrogen-bond acceptors (Lipinski definition) is 4. The smallest absolute Gasteiger partial charge is 0.387 e. The number of nitrogens with one attached hydrogen (secondary N) is 2. The molecule has 2 aromatic rings. The Labute approximate surface area is 176 Å². The summed E-state index contributed by atoms with van der Waals surface area (Å²) >= 11 is 0. The lowest BCUT2D eigenvalue weighted by Crippen LogP contribution is -2.29. The molecule has 2 aromatic carbocycles. The number of ether oxygens (including phenoxy) is 2. The molecule has 0 fully saturated rings. The summed E-state index contributed by atoms with van der Waals surface area (Å²) in [5.74, 6) is -2.58. The first-order valence-corrected chi connectivity index (χ1v) is 9.42. The average molecular weight is 442 g/mol. The minimum absolute atomic E-state index is 0.0761. The van der Waals surface area contributed by atoms with Crippen molar-refractivity contribution >= 4 is 11.8 Å². The molecule has 168 valence electrons. The molecule has 0 aromatic heterocycles.